The third kappa shape index (κ3) is 4.56. The summed E-state index contributed by atoms with van der Waals surface area (Å²) in [6.07, 6.45) is -3.62. The number of carbonyl (C=O) groups is 1. The van der Waals surface area contributed by atoms with E-state index in [1.165, 1.54) is 10.6 Å². The van der Waals surface area contributed by atoms with Crippen molar-refractivity contribution in [1.29, 1.82) is 0 Å². The Morgan fingerprint density at radius 2 is 1.97 bits per heavy atom. The van der Waals surface area contributed by atoms with E-state index in [9.17, 15) is 22.8 Å². The van der Waals surface area contributed by atoms with Gasteiger partial charge in [-0.15, -0.1) is 5.10 Å². The lowest BCUT2D eigenvalue weighted by atomic mass is 9.95. The molecule has 1 aliphatic heterocycles. The third-order valence-corrected chi connectivity index (χ3v) is 7.13. The summed E-state index contributed by atoms with van der Waals surface area (Å²) >= 11 is 0. The van der Waals surface area contributed by atoms with E-state index in [4.69, 9.17) is 10.5 Å². The normalized spacial score (nSPS) is 16.8. The highest BCUT2D eigenvalue weighted by Crippen LogP contribution is 2.53. The first kappa shape index (κ1) is 24.8. The average Bonchev–Trinajstić information content (AvgIpc) is 3.49. The van der Waals surface area contributed by atoms with E-state index in [1.54, 1.807) is 19.1 Å². The van der Waals surface area contributed by atoms with E-state index in [0.717, 1.165) is 43.0 Å². The molecule has 0 unspecified atom stereocenters. The number of halogens is 4. The SMILES string of the molecule is Cc1cccc(N)c1NC(=O)c1cc(F)c(-n2nc3n(c2=O)CCC2(CC2)C3)cc1O[C@@H](C)C(F)(F)F. The van der Waals surface area contributed by atoms with Gasteiger partial charge in [-0.25, -0.2) is 9.18 Å². The molecule has 0 bridgehead atoms. The standard InChI is InChI=1S/C25H25F4N5O3/c1-13-4-3-5-17(30)21(13)31-22(35)15-10-16(26)18(11-19(15)37-14(2)25(27,28)29)34-23(36)33-9-8-24(6-7-24)12-20(33)32-34/h3-5,10-11,14H,6-9,12,30H2,1-2H3,(H,31,35)/t14-/m0/s1. The van der Waals surface area contributed by atoms with Crippen LogP contribution < -0.4 is 21.5 Å². The quantitative estimate of drug-likeness (QED) is 0.385. The van der Waals surface area contributed by atoms with E-state index in [0.29, 0.717) is 24.4 Å². The van der Waals surface area contributed by atoms with E-state index < -0.39 is 46.7 Å². The van der Waals surface area contributed by atoms with Crippen molar-refractivity contribution < 1.29 is 27.1 Å². The number of rotatable bonds is 5. The second-order valence-corrected chi connectivity index (χ2v) is 9.78. The Labute approximate surface area is 209 Å². The molecule has 1 atom stereocenters. The molecule has 1 aromatic heterocycles. The minimum atomic E-state index is -4.76. The molecular weight excluding hydrogens is 494 g/mol. The molecule has 196 valence electrons. The van der Waals surface area contributed by atoms with Gasteiger partial charge in [0.25, 0.3) is 5.91 Å². The zero-order chi connectivity index (χ0) is 26.7. The molecule has 3 aromatic rings. The highest BCUT2D eigenvalue weighted by molar-refractivity contribution is 6.08. The molecule has 37 heavy (non-hydrogen) atoms. The molecule has 1 saturated carbocycles. The highest BCUT2D eigenvalue weighted by atomic mass is 19.4. The van der Waals surface area contributed by atoms with Crippen molar-refractivity contribution in [1.82, 2.24) is 14.3 Å². The lowest BCUT2D eigenvalue weighted by Gasteiger charge is -2.21. The zero-order valence-corrected chi connectivity index (χ0v) is 20.2. The van der Waals surface area contributed by atoms with Crippen LogP contribution in [0.1, 0.15) is 47.9 Å². The lowest BCUT2D eigenvalue weighted by Crippen LogP contribution is -2.32. The number of amides is 1. The lowest BCUT2D eigenvalue weighted by molar-refractivity contribution is -0.189. The summed E-state index contributed by atoms with van der Waals surface area (Å²) in [6, 6.07) is 6.53. The zero-order valence-electron chi connectivity index (χ0n) is 20.2. The Hall–Kier alpha value is -3.83. The van der Waals surface area contributed by atoms with Gasteiger partial charge in [-0.2, -0.15) is 17.9 Å². The maximum atomic E-state index is 15.4. The van der Waals surface area contributed by atoms with Gasteiger partial charge in [0.05, 0.1) is 16.9 Å². The Bertz CT molecular complexity index is 1440. The Morgan fingerprint density at radius 3 is 2.62 bits per heavy atom. The number of aromatic nitrogens is 3. The minimum Gasteiger partial charge on any atom is -0.480 e. The number of carbonyl (C=O) groups excluding carboxylic acids is 1. The topological polar surface area (TPSA) is 104 Å². The number of alkyl halides is 3. The fourth-order valence-electron chi connectivity index (χ4n) is 4.60. The predicted molar refractivity (Wildman–Crippen MR) is 127 cm³/mol. The summed E-state index contributed by atoms with van der Waals surface area (Å²) in [6.45, 7) is 2.88. The average molecular weight is 519 g/mol. The number of anilines is 2. The fourth-order valence-corrected chi connectivity index (χ4v) is 4.60. The number of para-hydroxylation sites is 1. The van der Waals surface area contributed by atoms with E-state index >= 15 is 4.39 Å². The molecule has 2 aliphatic rings. The van der Waals surface area contributed by atoms with E-state index in [-0.39, 0.29) is 16.8 Å². The smallest absolute Gasteiger partial charge is 0.425 e. The van der Waals surface area contributed by atoms with Gasteiger partial charge in [0.15, 0.2) is 6.10 Å². The number of fused-ring (bicyclic) bond motifs is 1. The summed E-state index contributed by atoms with van der Waals surface area (Å²) < 4.78 is 62.7. The number of nitrogens with two attached hydrogens (primary N) is 1. The number of ether oxygens (including phenoxy) is 1. The molecule has 1 amide bonds. The molecule has 1 aliphatic carbocycles. The van der Waals surface area contributed by atoms with Crippen molar-refractivity contribution in [3.63, 3.8) is 0 Å². The van der Waals surface area contributed by atoms with Crippen LogP contribution in [0.4, 0.5) is 28.9 Å². The van der Waals surface area contributed by atoms with Gasteiger partial charge in [0.1, 0.15) is 23.1 Å². The second-order valence-electron chi connectivity index (χ2n) is 9.78. The molecule has 8 nitrogen and oxygen atoms in total. The molecule has 5 rings (SSSR count). The predicted octanol–water partition coefficient (Wildman–Crippen LogP) is 4.37. The van der Waals surface area contributed by atoms with Crippen LogP contribution in [0.2, 0.25) is 0 Å². The first-order valence-corrected chi connectivity index (χ1v) is 11.8. The monoisotopic (exact) mass is 519 g/mol. The van der Waals surface area contributed by atoms with Crippen LogP contribution in [-0.4, -0.2) is 32.5 Å². The van der Waals surface area contributed by atoms with Gasteiger partial charge in [0.2, 0.25) is 0 Å². The number of nitrogens with one attached hydrogen (secondary N) is 1. The number of hydrogen-bond donors (Lipinski definition) is 2. The van der Waals surface area contributed by atoms with Crippen LogP contribution in [0, 0.1) is 18.2 Å². The molecule has 1 fully saturated rings. The van der Waals surface area contributed by atoms with Crippen LogP contribution in [0.15, 0.2) is 35.1 Å². The maximum absolute atomic E-state index is 15.4. The van der Waals surface area contributed by atoms with E-state index in [1.807, 2.05) is 0 Å². The van der Waals surface area contributed by atoms with Gasteiger partial charge in [-0.3, -0.25) is 9.36 Å². The van der Waals surface area contributed by atoms with Gasteiger partial charge in [0, 0.05) is 19.0 Å². The molecule has 3 N–H and O–H groups in total. The van der Waals surface area contributed by atoms with Crippen molar-refractivity contribution in [3.05, 3.63) is 63.6 Å². The van der Waals surface area contributed by atoms with Gasteiger partial charge in [-0.1, -0.05) is 12.1 Å². The highest BCUT2D eigenvalue weighted by Gasteiger charge is 2.46. The van der Waals surface area contributed by atoms with Crippen molar-refractivity contribution >= 4 is 17.3 Å². The van der Waals surface area contributed by atoms with Crippen LogP contribution >= 0.6 is 0 Å². The summed E-state index contributed by atoms with van der Waals surface area (Å²) in [5, 5.41) is 6.80. The Balaban J connectivity index is 1.57. The number of benzene rings is 2. The van der Waals surface area contributed by atoms with Crippen molar-refractivity contribution in [2.45, 2.75) is 58.4 Å². The van der Waals surface area contributed by atoms with Crippen molar-refractivity contribution in [2.75, 3.05) is 11.1 Å². The Morgan fingerprint density at radius 1 is 1.24 bits per heavy atom. The molecule has 0 saturated heterocycles. The van der Waals surface area contributed by atoms with Crippen molar-refractivity contribution in [2.24, 2.45) is 5.41 Å². The summed E-state index contributed by atoms with van der Waals surface area (Å²) in [5.74, 6) is -2.00. The number of hydrogen-bond acceptors (Lipinski definition) is 5. The van der Waals surface area contributed by atoms with Gasteiger partial charge >= 0.3 is 11.9 Å². The number of aryl methyl sites for hydroxylation is 1. The molecule has 2 heterocycles. The number of nitrogen functional groups attached to an aromatic ring is 1. The van der Waals surface area contributed by atoms with Crippen LogP contribution in [0.3, 0.4) is 0 Å². The van der Waals surface area contributed by atoms with Gasteiger partial charge in [-0.05, 0) is 56.2 Å². The first-order valence-electron chi connectivity index (χ1n) is 11.8. The first-order chi connectivity index (χ1) is 17.4. The minimum absolute atomic E-state index is 0.125. The summed E-state index contributed by atoms with van der Waals surface area (Å²) in [5.41, 5.74) is 5.60. The van der Waals surface area contributed by atoms with Crippen LogP contribution in [0.25, 0.3) is 5.69 Å². The third-order valence-electron chi connectivity index (χ3n) is 7.13. The largest absolute Gasteiger partial charge is 0.480 e. The molecule has 1 spiro atoms. The number of nitrogens with zero attached hydrogens (tertiary/aromatic N) is 3. The van der Waals surface area contributed by atoms with Crippen molar-refractivity contribution in [3.8, 4) is 11.4 Å². The Kier molecular flexibility index (Phi) is 5.80. The summed E-state index contributed by atoms with van der Waals surface area (Å²) in [7, 11) is 0. The van der Waals surface area contributed by atoms with Gasteiger partial charge < -0.3 is 15.8 Å². The summed E-state index contributed by atoms with van der Waals surface area (Å²) in [4.78, 5) is 26.1. The maximum Gasteiger partial charge on any atom is 0.425 e. The van der Waals surface area contributed by atoms with E-state index in [2.05, 4.69) is 10.4 Å². The molecule has 2 aromatic carbocycles. The fraction of sp³-hybridized carbons (Fsp3) is 0.400. The van der Waals surface area contributed by atoms with Crippen LogP contribution in [0.5, 0.6) is 5.75 Å². The molecular formula is C25H25F4N5O3. The van der Waals surface area contributed by atoms with Crippen LogP contribution in [-0.2, 0) is 13.0 Å². The molecule has 0 radical (unpaired) electrons. The second kappa shape index (κ2) is 8.63. The molecule has 12 heteroatoms.